The van der Waals surface area contributed by atoms with Crippen molar-refractivity contribution >= 4 is 69.5 Å². The standard InChI is InChI=1S/C18H17Cl3N4O2S/c19-18(20,21)16(24-15(27)12-4-2-1-3-5-12)25-17(28)23-13-8-6-11(7-9-13)14(26)10-22/h1-9,16H,10,22H2,(H,24,27)(H2,23,25,28). The molecule has 0 fully saturated rings. The molecule has 0 aromatic heterocycles. The molecule has 5 N–H and O–H groups in total. The fraction of sp³-hybridized carbons (Fsp3) is 0.167. The molecule has 0 aliphatic rings. The summed E-state index contributed by atoms with van der Waals surface area (Å²) in [5.41, 5.74) is 6.83. The molecule has 1 atom stereocenters. The average molecular weight is 460 g/mol. The van der Waals surface area contributed by atoms with Crippen molar-refractivity contribution in [2.75, 3.05) is 11.9 Å². The molecule has 2 rings (SSSR count). The average Bonchev–Trinajstić information content (AvgIpc) is 2.67. The number of alkyl halides is 3. The zero-order chi connectivity index (χ0) is 20.7. The van der Waals surface area contributed by atoms with Gasteiger partial charge in [0.15, 0.2) is 10.9 Å². The number of rotatable bonds is 6. The lowest BCUT2D eigenvalue weighted by atomic mass is 10.1. The van der Waals surface area contributed by atoms with Crippen molar-refractivity contribution in [1.29, 1.82) is 0 Å². The maximum atomic E-state index is 12.3. The summed E-state index contributed by atoms with van der Waals surface area (Å²) >= 11 is 23.1. The minimum Gasteiger partial charge on any atom is -0.339 e. The number of thiocarbonyl (C=S) groups is 1. The second kappa shape index (κ2) is 10.0. The van der Waals surface area contributed by atoms with E-state index < -0.39 is 15.9 Å². The van der Waals surface area contributed by atoms with E-state index in [0.717, 1.165) is 0 Å². The van der Waals surface area contributed by atoms with Crippen LogP contribution in [0.2, 0.25) is 0 Å². The maximum absolute atomic E-state index is 12.3. The lowest BCUT2D eigenvalue weighted by Crippen LogP contribution is -2.56. The molecule has 2 aromatic rings. The van der Waals surface area contributed by atoms with E-state index in [-0.39, 0.29) is 17.4 Å². The zero-order valence-corrected chi connectivity index (χ0v) is 17.5. The van der Waals surface area contributed by atoms with E-state index in [4.69, 9.17) is 52.8 Å². The number of carbonyl (C=O) groups is 2. The number of benzene rings is 2. The highest BCUT2D eigenvalue weighted by molar-refractivity contribution is 7.80. The Morgan fingerprint density at radius 3 is 2.11 bits per heavy atom. The monoisotopic (exact) mass is 458 g/mol. The first-order valence-corrected chi connectivity index (χ1v) is 9.58. The Hall–Kier alpha value is -1.90. The Morgan fingerprint density at radius 2 is 1.57 bits per heavy atom. The fourth-order valence-electron chi connectivity index (χ4n) is 2.16. The van der Waals surface area contributed by atoms with Gasteiger partial charge in [-0.05, 0) is 48.6 Å². The van der Waals surface area contributed by atoms with E-state index in [1.165, 1.54) is 0 Å². The number of Topliss-reactive ketones (excluding diaryl/α,β-unsaturated/α-hetero) is 1. The van der Waals surface area contributed by atoms with Crippen molar-refractivity contribution in [3.8, 4) is 0 Å². The van der Waals surface area contributed by atoms with Crippen LogP contribution in [0.15, 0.2) is 54.6 Å². The quantitative estimate of drug-likeness (QED) is 0.229. The van der Waals surface area contributed by atoms with Gasteiger partial charge < -0.3 is 21.7 Å². The van der Waals surface area contributed by atoms with Crippen LogP contribution in [0, 0.1) is 0 Å². The van der Waals surface area contributed by atoms with Crippen molar-refractivity contribution in [3.63, 3.8) is 0 Å². The minimum absolute atomic E-state index is 0.0707. The number of ketones is 1. The van der Waals surface area contributed by atoms with Gasteiger partial charge in [-0.3, -0.25) is 9.59 Å². The highest BCUT2D eigenvalue weighted by Gasteiger charge is 2.34. The molecule has 10 heteroatoms. The largest absolute Gasteiger partial charge is 0.339 e. The molecule has 28 heavy (non-hydrogen) atoms. The van der Waals surface area contributed by atoms with Gasteiger partial charge in [0.05, 0.1) is 6.54 Å². The molecule has 0 bridgehead atoms. The van der Waals surface area contributed by atoms with Crippen LogP contribution in [-0.4, -0.2) is 33.3 Å². The van der Waals surface area contributed by atoms with Crippen molar-refractivity contribution in [1.82, 2.24) is 10.6 Å². The molecule has 1 amide bonds. The molecular weight excluding hydrogens is 443 g/mol. The first-order valence-electron chi connectivity index (χ1n) is 8.04. The van der Waals surface area contributed by atoms with Crippen LogP contribution in [0.1, 0.15) is 20.7 Å². The molecule has 0 aliphatic carbocycles. The van der Waals surface area contributed by atoms with Gasteiger partial charge in [0.2, 0.25) is 3.79 Å². The van der Waals surface area contributed by atoms with Crippen LogP contribution in [0.4, 0.5) is 5.69 Å². The predicted octanol–water partition coefficient (Wildman–Crippen LogP) is 3.24. The van der Waals surface area contributed by atoms with E-state index in [1.807, 2.05) is 0 Å². The molecule has 0 saturated heterocycles. The SMILES string of the molecule is NCC(=O)c1ccc(NC(=S)NC(NC(=O)c2ccccc2)C(Cl)(Cl)Cl)cc1. The third-order valence-electron chi connectivity index (χ3n) is 3.56. The van der Waals surface area contributed by atoms with E-state index >= 15 is 0 Å². The van der Waals surface area contributed by atoms with Crippen LogP contribution >= 0.6 is 47.0 Å². The van der Waals surface area contributed by atoms with Gasteiger partial charge in [0.1, 0.15) is 6.17 Å². The Bertz CT molecular complexity index is 842. The van der Waals surface area contributed by atoms with Gasteiger partial charge in [0.25, 0.3) is 5.91 Å². The van der Waals surface area contributed by atoms with Crippen molar-refractivity contribution in [3.05, 3.63) is 65.7 Å². The third kappa shape index (κ3) is 6.61. The highest BCUT2D eigenvalue weighted by atomic mass is 35.6. The van der Waals surface area contributed by atoms with Gasteiger partial charge in [-0.25, -0.2) is 0 Å². The van der Waals surface area contributed by atoms with Crippen LogP contribution < -0.4 is 21.7 Å². The van der Waals surface area contributed by atoms with Crippen LogP contribution in [0.25, 0.3) is 0 Å². The topological polar surface area (TPSA) is 96.2 Å². The lowest BCUT2D eigenvalue weighted by molar-refractivity contribution is 0.0933. The van der Waals surface area contributed by atoms with E-state index in [0.29, 0.717) is 16.8 Å². The Labute approximate surface area is 182 Å². The summed E-state index contributed by atoms with van der Waals surface area (Å²) in [6.45, 7) is -0.0707. The molecule has 1 unspecified atom stereocenters. The molecule has 0 spiro atoms. The highest BCUT2D eigenvalue weighted by Crippen LogP contribution is 2.29. The molecule has 0 saturated carbocycles. The molecule has 2 aromatic carbocycles. The summed E-state index contributed by atoms with van der Waals surface area (Å²) in [5, 5.41) is 8.36. The first-order chi connectivity index (χ1) is 13.2. The summed E-state index contributed by atoms with van der Waals surface area (Å²) in [7, 11) is 0. The van der Waals surface area contributed by atoms with Gasteiger partial charge in [-0.2, -0.15) is 0 Å². The van der Waals surface area contributed by atoms with Gasteiger partial charge in [0, 0.05) is 16.8 Å². The molecular formula is C18H17Cl3N4O2S. The number of hydrogen-bond donors (Lipinski definition) is 4. The van der Waals surface area contributed by atoms with Gasteiger partial charge >= 0.3 is 0 Å². The van der Waals surface area contributed by atoms with E-state index in [9.17, 15) is 9.59 Å². The summed E-state index contributed by atoms with van der Waals surface area (Å²) in [5.74, 6) is -0.607. The number of nitrogens with two attached hydrogens (primary N) is 1. The number of anilines is 1. The molecule has 6 nitrogen and oxygen atoms in total. The molecule has 0 aliphatic heterocycles. The number of hydrogen-bond acceptors (Lipinski definition) is 4. The summed E-state index contributed by atoms with van der Waals surface area (Å²) < 4.78 is -1.87. The zero-order valence-electron chi connectivity index (χ0n) is 14.4. The molecule has 0 radical (unpaired) electrons. The van der Waals surface area contributed by atoms with Gasteiger partial charge in [-0.15, -0.1) is 0 Å². The van der Waals surface area contributed by atoms with Crippen LogP contribution in [0.3, 0.4) is 0 Å². The van der Waals surface area contributed by atoms with E-state index in [1.54, 1.807) is 54.6 Å². The van der Waals surface area contributed by atoms with E-state index in [2.05, 4.69) is 16.0 Å². The predicted molar refractivity (Wildman–Crippen MR) is 117 cm³/mol. The van der Waals surface area contributed by atoms with Crippen LogP contribution in [0.5, 0.6) is 0 Å². The Morgan fingerprint density at radius 1 is 0.964 bits per heavy atom. The number of carbonyl (C=O) groups excluding carboxylic acids is 2. The third-order valence-corrected chi connectivity index (χ3v) is 4.44. The normalized spacial score (nSPS) is 12.0. The van der Waals surface area contributed by atoms with Crippen molar-refractivity contribution in [2.45, 2.75) is 9.96 Å². The smallest absolute Gasteiger partial charge is 0.252 e. The fourth-order valence-corrected chi connectivity index (χ4v) is 2.72. The van der Waals surface area contributed by atoms with Crippen LogP contribution in [-0.2, 0) is 0 Å². The second-order valence-corrected chi connectivity index (χ2v) is 8.39. The van der Waals surface area contributed by atoms with Crippen molar-refractivity contribution < 1.29 is 9.59 Å². The maximum Gasteiger partial charge on any atom is 0.252 e. The first kappa shape index (κ1) is 22.4. The molecule has 148 valence electrons. The van der Waals surface area contributed by atoms with Crippen molar-refractivity contribution in [2.24, 2.45) is 5.73 Å². The van der Waals surface area contributed by atoms with Gasteiger partial charge in [-0.1, -0.05) is 53.0 Å². The summed E-state index contributed by atoms with van der Waals surface area (Å²) in [6.07, 6.45) is -1.09. The second-order valence-electron chi connectivity index (χ2n) is 5.62. The molecule has 0 heterocycles. The Balaban J connectivity index is 2.03. The number of halogens is 3. The minimum atomic E-state index is -1.87. The summed E-state index contributed by atoms with van der Waals surface area (Å²) in [6, 6.07) is 15.0. The number of amides is 1. The lowest BCUT2D eigenvalue weighted by Gasteiger charge is -2.27. The summed E-state index contributed by atoms with van der Waals surface area (Å²) in [4.78, 5) is 23.9. The Kier molecular flexibility index (Phi) is 8.03. The number of nitrogens with one attached hydrogen (secondary N) is 3.